The van der Waals surface area contributed by atoms with Crippen molar-refractivity contribution in [3.63, 3.8) is 0 Å². The minimum Gasteiger partial charge on any atom is -0.353 e. The standard InChI is InChI=1S/C13H17BrN2/c14-10-5-7-12-9(8-10)4-6-11-2-1-3-13(15)16(11)12/h5,7-8,11,13H,1-4,6,15H2. The van der Waals surface area contributed by atoms with Gasteiger partial charge in [0.15, 0.2) is 0 Å². The quantitative estimate of drug-likeness (QED) is 0.792. The maximum Gasteiger partial charge on any atom is 0.0774 e. The van der Waals surface area contributed by atoms with Gasteiger partial charge < -0.3 is 10.6 Å². The Morgan fingerprint density at radius 1 is 1.25 bits per heavy atom. The summed E-state index contributed by atoms with van der Waals surface area (Å²) in [5, 5.41) is 0. The molecule has 0 aliphatic carbocycles. The first-order valence-electron chi connectivity index (χ1n) is 6.08. The van der Waals surface area contributed by atoms with Crippen LogP contribution in [0.1, 0.15) is 31.2 Å². The first-order valence-corrected chi connectivity index (χ1v) is 6.87. The number of halogens is 1. The smallest absolute Gasteiger partial charge is 0.0774 e. The molecule has 0 spiro atoms. The molecule has 1 aromatic rings. The van der Waals surface area contributed by atoms with E-state index in [4.69, 9.17) is 5.73 Å². The van der Waals surface area contributed by atoms with E-state index in [0.29, 0.717) is 6.04 Å². The molecule has 3 heteroatoms. The Balaban J connectivity index is 2.02. The van der Waals surface area contributed by atoms with E-state index < -0.39 is 0 Å². The molecule has 2 aliphatic rings. The molecular weight excluding hydrogens is 264 g/mol. The number of anilines is 1. The minimum atomic E-state index is 0.221. The summed E-state index contributed by atoms with van der Waals surface area (Å²) in [6.45, 7) is 0. The topological polar surface area (TPSA) is 29.3 Å². The SMILES string of the molecule is NC1CCCC2CCc3cc(Br)ccc3N12. The zero-order chi connectivity index (χ0) is 11.1. The second kappa shape index (κ2) is 4.04. The molecule has 1 aromatic carbocycles. The van der Waals surface area contributed by atoms with Crippen LogP contribution < -0.4 is 10.6 Å². The van der Waals surface area contributed by atoms with Crippen LogP contribution in [0, 0.1) is 0 Å². The zero-order valence-electron chi connectivity index (χ0n) is 9.32. The molecule has 2 N–H and O–H groups in total. The lowest BCUT2D eigenvalue weighted by Crippen LogP contribution is -2.53. The summed E-state index contributed by atoms with van der Waals surface area (Å²) in [6.07, 6.45) is 6.41. The molecule has 86 valence electrons. The molecule has 0 amide bonds. The van der Waals surface area contributed by atoms with Crippen molar-refractivity contribution in [3.05, 3.63) is 28.2 Å². The van der Waals surface area contributed by atoms with Crippen LogP contribution >= 0.6 is 15.9 Å². The fourth-order valence-corrected chi connectivity index (χ4v) is 3.51. The van der Waals surface area contributed by atoms with Gasteiger partial charge in [0.25, 0.3) is 0 Å². The minimum absolute atomic E-state index is 0.221. The van der Waals surface area contributed by atoms with E-state index in [-0.39, 0.29) is 6.17 Å². The van der Waals surface area contributed by atoms with Crippen LogP contribution in [0.3, 0.4) is 0 Å². The lowest BCUT2D eigenvalue weighted by molar-refractivity contribution is 0.360. The lowest BCUT2D eigenvalue weighted by atomic mass is 9.88. The van der Waals surface area contributed by atoms with Gasteiger partial charge in [-0.25, -0.2) is 0 Å². The second-order valence-corrected chi connectivity index (χ2v) is 5.79. The number of nitrogens with zero attached hydrogens (tertiary/aromatic N) is 1. The van der Waals surface area contributed by atoms with Crippen LogP contribution in [0.15, 0.2) is 22.7 Å². The zero-order valence-corrected chi connectivity index (χ0v) is 10.9. The number of piperidine rings is 1. The van der Waals surface area contributed by atoms with E-state index in [2.05, 4.69) is 39.0 Å². The van der Waals surface area contributed by atoms with Crippen molar-refractivity contribution in [3.8, 4) is 0 Å². The molecule has 2 unspecified atom stereocenters. The molecule has 16 heavy (non-hydrogen) atoms. The van der Waals surface area contributed by atoms with E-state index in [0.717, 1.165) is 6.42 Å². The third-order valence-corrected chi connectivity index (χ3v) is 4.35. The van der Waals surface area contributed by atoms with Crippen molar-refractivity contribution in [2.45, 2.75) is 44.3 Å². The fraction of sp³-hybridized carbons (Fsp3) is 0.538. The van der Waals surface area contributed by atoms with Gasteiger partial charge in [0.2, 0.25) is 0 Å². The Kier molecular flexibility index (Phi) is 2.68. The van der Waals surface area contributed by atoms with Gasteiger partial charge in [-0.3, -0.25) is 0 Å². The fourth-order valence-electron chi connectivity index (χ4n) is 3.10. The van der Waals surface area contributed by atoms with Gasteiger partial charge in [-0.2, -0.15) is 0 Å². The summed E-state index contributed by atoms with van der Waals surface area (Å²) in [5.74, 6) is 0. The van der Waals surface area contributed by atoms with Gasteiger partial charge in [0.1, 0.15) is 0 Å². The molecular formula is C13H17BrN2. The first kappa shape index (κ1) is 10.6. The number of nitrogens with two attached hydrogens (primary N) is 1. The Hall–Kier alpha value is -0.540. The predicted molar refractivity (Wildman–Crippen MR) is 70.6 cm³/mol. The molecule has 3 rings (SSSR count). The molecule has 2 atom stereocenters. The van der Waals surface area contributed by atoms with E-state index in [1.54, 1.807) is 0 Å². The van der Waals surface area contributed by atoms with E-state index in [1.165, 1.54) is 41.4 Å². The van der Waals surface area contributed by atoms with Gasteiger partial charge in [0, 0.05) is 16.2 Å². The number of hydrogen-bond donors (Lipinski definition) is 1. The van der Waals surface area contributed by atoms with Crippen LogP contribution in [0.5, 0.6) is 0 Å². The molecule has 0 bridgehead atoms. The van der Waals surface area contributed by atoms with Crippen LogP contribution in [0.25, 0.3) is 0 Å². The molecule has 0 radical (unpaired) electrons. The van der Waals surface area contributed by atoms with Crippen LogP contribution in [0.2, 0.25) is 0 Å². The van der Waals surface area contributed by atoms with Gasteiger partial charge in [-0.05, 0) is 55.9 Å². The Labute approximate surface area is 105 Å². The van der Waals surface area contributed by atoms with Gasteiger partial charge in [0.05, 0.1) is 6.17 Å². The summed E-state index contributed by atoms with van der Waals surface area (Å²) >= 11 is 3.54. The third kappa shape index (κ3) is 1.66. The number of aryl methyl sites for hydroxylation is 1. The van der Waals surface area contributed by atoms with Crippen molar-refractivity contribution in [1.29, 1.82) is 0 Å². The highest BCUT2D eigenvalue weighted by atomic mass is 79.9. The second-order valence-electron chi connectivity index (χ2n) is 4.87. The molecule has 0 aromatic heterocycles. The Bertz CT molecular complexity index is 405. The molecule has 1 saturated heterocycles. The number of benzene rings is 1. The van der Waals surface area contributed by atoms with Crippen molar-refractivity contribution in [2.75, 3.05) is 4.90 Å². The highest BCUT2D eigenvalue weighted by molar-refractivity contribution is 9.10. The summed E-state index contributed by atoms with van der Waals surface area (Å²) in [7, 11) is 0. The highest BCUT2D eigenvalue weighted by Crippen LogP contribution is 2.37. The monoisotopic (exact) mass is 280 g/mol. The summed E-state index contributed by atoms with van der Waals surface area (Å²) in [5.41, 5.74) is 9.07. The van der Waals surface area contributed by atoms with Crippen LogP contribution in [-0.2, 0) is 6.42 Å². The molecule has 2 aliphatic heterocycles. The third-order valence-electron chi connectivity index (χ3n) is 3.85. The Morgan fingerprint density at radius 2 is 2.12 bits per heavy atom. The summed E-state index contributed by atoms with van der Waals surface area (Å²) in [6, 6.07) is 7.27. The average molecular weight is 281 g/mol. The van der Waals surface area contributed by atoms with Gasteiger partial charge in [-0.15, -0.1) is 0 Å². The largest absolute Gasteiger partial charge is 0.353 e. The first-order chi connectivity index (χ1) is 7.75. The van der Waals surface area contributed by atoms with Gasteiger partial charge in [-0.1, -0.05) is 15.9 Å². The maximum atomic E-state index is 6.26. The van der Waals surface area contributed by atoms with Crippen molar-refractivity contribution in [1.82, 2.24) is 0 Å². The molecule has 2 nitrogen and oxygen atoms in total. The number of fused-ring (bicyclic) bond motifs is 3. The highest BCUT2D eigenvalue weighted by Gasteiger charge is 2.32. The van der Waals surface area contributed by atoms with Crippen molar-refractivity contribution in [2.24, 2.45) is 5.73 Å². The average Bonchev–Trinajstić information content (AvgIpc) is 2.29. The molecule has 1 fully saturated rings. The summed E-state index contributed by atoms with van der Waals surface area (Å²) < 4.78 is 1.18. The normalized spacial score (nSPS) is 28.5. The Morgan fingerprint density at radius 3 is 3.00 bits per heavy atom. The van der Waals surface area contributed by atoms with E-state index >= 15 is 0 Å². The number of hydrogen-bond acceptors (Lipinski definition) is 2. The van der Waals surface area contributed by atoms with Crippen molar-refractivity contribution < 1.29 is 0 Å². The maximum absolute atomic E-state index is 6.26. The molecule has 2 heterocycles. The van der Waals surface area contributed by atoms with Crippen LogP contribution in [-0.4, -0.2) is 12.2 Å². The lowest BCUT2D eigenvalue weighted by Gasteiger charge is -2.46. The predicted octanol–water partition coefficient (Wildman–Crippen LogP) is 3.04. The van der Waals surface area contributed by atoms with E-state index in [9.17, 15) is 0 Å². The molecule has 0 saturated carbocycles. The van der Waals surface area contributed by atoms with Crippen LogP contribution in [0.4, 0.5) is 5.69 Å². The van der Waals surface area contributed by atoms with Crippen molar-refractivity contribution >= 4 is 21.6 Å². The van der Waals surface area contributed by atoms with Gasteiger partial charge >= 0.3 is 0 Å². The summed E-state index contributed by atoms with van der Waals surface area (Å²) in [4.78, 5) is 2.45. The number of rotatable bonds is 0. The van der Waals surface area contributed by atoms with E-state index in [1.807, 2.05) is 0 Å².